The zero-order valence-corrected chi connectivity index (χ0v) is 7.75. The number of nitrogens with zero attached hydrogens (tertiary/aromatic N) is 2. The standard InChI is InChI=1S/C9H14N4/c1-9(2-3-9)6-13-8-5-11-7(10)4-12-8/h4-5H,2-3,6H2,1H3,(H2,10,11)(H,12,13). The molecule has 1 saturated carbocycles. The van der Waals surface area contributed by atoms with Gasteiger partial charge in [0.25, 0.3) is 0 Å². The molecule has 0 spiro atoms. The molecule has 0 bridgehead atoms. The molecule has 1 heterocycles. The van der Waals surface area contributed by atoms with E-state index in [-0.39, 0.29) is 0 Å². The van der Waals surface area contributed by atoms with E-state index in [0.717, 1.165) is 12.4 Å². The van der Waals surface area contributed by atoms with Gasteiger partial charge >= 0.3 is 0 Å². The van der Waals surface area contributed by atoms with Crippen LogP contribution in [-0.2, 0) is 0 Å². The van der Waals surface area contributed by atoms with E-state index in [9.17, 15) is 0 Å². The van der Waals surface area contributed by atoms with Crippen LogP contribution < -0.4 is 11.1 Å². The molecule has 0 aliphatic heterocycles. The predicted molar refractivity (Wildman–Crippen MR) is 52.3 cm³/mol. The third kappa shape index (κ3) is 2.08. The summed E-state index contributed by atoms with van der Waals surface area (Å²) in [6.07, 6.45) is 5.85. The first-order chi connectivity index (χ1) is 6.18. The maximum absolute atomic E-state index is 5.42. The summed E-state index contributed by atoms with van der Waals surface area (Å²) in [5.41, 5.74) is 5.91. The third-order valence-corrected chi connectivity index (χ3v) is 2.47. The minimum absolute atomic E-state index is 0.461. The van der Waals surface area contributed by atoms with Gasteiger partial charge in [-0.15, -0.1) is 0 Å². The maximum Gasteiger partial charge on any atom is 0.144 e. The Kier molecular flexibility index (Phi) is 1.83. The van der Waals surface area contributed by atoms with E-state index in [1.807, 2.05) is 0 Å². The number of rotatable bonds is 3. The lowest BCUT2D eigenvalue weighted by Gasteiger charge is -2.09. The lowest BCUT2D eigenvalue weighted by molar-refractivity contribution is 0.609. The van der Waals surface area contributed by atoms with Crippen molar-refractivity contribution in [1.82, 2.24) is 9.97 Å². The van der Waals surface area contributed by atoms with Gasteiger partial charge in [0.2, 0.25) is 0 Å². The normalized spacial score (nSPS) is 18.2. The van der Waals surface area contributed by atoms with E-state index in [0.29, 0.717) is 11.2 Å². The van der Waals surface area contributed by atoms with Crippen LogP contribution >= 0.6 is 0 Å². The van der Waals surface area contributed by atoms with Crippen molar-refractivity contribution in [1.29, 1.82) is 0 Å². The molecular formula is C9H14N4. The first-order valence-electron chi connectivity index (χ1n) is 4.49. The van der Waals surface area contributed by atoms with Crippen LogP contribution in [0.4, 0.5) is 11.6 Å². The van der Waals surface area contributed by atoms with E-state index >= 15 is 0 Å². The van der Waals surface area contributed by atoms with E-state index in [1.165, 1.54) is 12.8 Å². The number of nitrogen functional groups attached to an aromatic ring is 1. The van der Waals surface area contributed by atoms with E-state index in [1.54, 1.807) is 12.4 Å². The van der Waals surface area contributed by atoms with Gasteiger partial charge in [0.15, 0.2) is 0 Å². The molecule has 1 aromatic heterocycles. The Labute approximate surface area is 77.6 Å². The van der Waals surface area contributed by atoms with Gasteiger partial charge in [-0.05, 0) is 18.3 Å². The SMILES string of the molecule is CC1(CNc2cnc(N)cn2)CC1. The van der Waals surface area contributed by atoms with Crippen LogP contribution in [0, 0.1) is 5.41 Å². The lowest BCUT2D eigenvalue weighted by atomic mass is 10.1. The fourth-order valence-electron chi connectivity index (χ4n) is 1.12. The summed E-state index contributed by atoms with van der Waals surface area (Å²) in [5, 5.41) is 3.25. The second-order valence-electron chi connectivity index (χ2n) is 3.99. The monoisotopic (exact) mass is 178 g/mol. The molecule has 1 fully saturated rings. The van der Waals surface area contributed by atoms with Crippen LogP contribution in [0.15, 0.2) is 12.4 Å². The summed E-state index contributed by atoms with van der Waals surface area (Å²) >= 11 is 0. The highest BCUT2D eigenvalue weighted by Crippen LogP contribution is 2.44. The largest absolute Gasteiger partial charge is 0.382 e. The summed E-state index contributed by atoms with van der Waals surface area (Å²) in [6.45, 7) is 3.25. The Morgan fingerprint density at radius 2 is 2.23 bits per heavy atom. The van der Waals surface area contributed by atoms with Crippen LogP contribution in [0.1, 0.15) is 19.8 Å². The molecule has 0 amide bonds. The van der Waals surface area contributed by atoms with Crippen molar-refractivity contribution in [2.45, 2.75) is 19.8 Å². The van der Waals surface area contributed by atoms with Crippen molar-refractivity contribution in [3.8, 4) is 0 Å². The minimum Gasteiger partial charge on any atom is -0.382 e. The lowest BCUT2D eigenvalue weighted by Crippen LogP contribution is -2.12. The Bertz CT molecular complexity index is 289. The molecule has 70 valence electrons. The van der Waals surface area contributed by atoms with E-state index in [4.69, 9.17) is 5.73 Å². The number of aromatic nitrogens is 2. The van der Waals surface area contributed by atoms with Crippen molar-refractivity contribution in [3.63, 3.8) is 0 Å². The van der Waals surface area contributed by atoms with Crippen molar-refractivity contribution in [2.75, 3.05) is 17.6 Å². The van der Waals surface area contributed by atoms with Gasteiger partial charge in [0, 0.05) is 6.54 Å². The van der Waals surface area contributed by atoms with Gasteiger partial charge in [-0.25, -0.2) is 9.97 Å². The summed E-state index contributed by atoms with van der Waals surface area (Å²) in [4.78, 5) is 8.06. The molecule has 0 atom stereocenters. The number of hydrogen-bond donors (Lipinski definition) is 2. The topological polar surface area (TPSA) is 63.8 Å². The molecule has 0 saturated heterocycles. The Morgan fingerprint density at radius 3 is 2.77 bits per heavy atom. The van der Waals surface area contributed by atoms with Crippen LogP contribution in [0.3, 0.4) is 0 Å². The Hall–Kier alpha value is -1.32. The molecule has 1 aliphatic carbocycles. The molecule has 4 nitrogen and oxygen atoms in total. The molecule has 1 aromatic rings. The summed E-state index contributed by atoms with van der Waals surface area (Å²) in [5.74, 6) is 1.27. The number of nitrogens with one attached hydrogen (secondary N) is 1. The maximum atomic E-state index is 5.42. The molecule has 0 unspecified atom stereocenters. The molecule has 2 rings (SSSR count). The fourth-order valence-corrected chi connectivity index (χ4v) is 1.12. The minimum atomic E-state index is 0.461. The van der Waals surface area contributed by atoms with E-state index in [2.05, 4.69) is 22.2 Å². The van der Waals surface area contributed by atoms with Gasteiger partial charge in [-0.1, -0.05) is 6.92 Å². The highest BCUT2D eigenvalue weighted by molar-refractivity contribution is 5.36. The van der Waals surface area contributed by atoms with Crippen molar-refractivity contribution < 1.29 is 0 Å². The zero-order chi connectivity index (χ0) is 9.31. The highest BCUT2D eigenvalue weighted by Gasteiger charge is 2.36. The summed E-state index contributed by atoms with van der Waals surface area (Å²) < 4.78 is 0. The van der Waals surface area contributed by atoms with Crippen LogP contribution in [0.5, 0.6) is 0 Å². The molecular weight excluding hydrogens is 164 g/mol. The molecule has 3 N–H and O–H groups in total. The van der Waals surface area contributed by atoms with Crippen LogP contribution in [0.25, 0.3) is 0 Å². The van der Waals surface area contributed by atoms with Crippen LogP contribution in [-0.4, -0.2) is 16.5 Å². The van der Waals surface area contributed by atoms with Crippen molar-refractivity contribution in [3.05, 3.63) is 12.4 Å². The Balaban J connectivity index is 1.91. The fraction of sp³-hybridized carbons (Fsp3) is 0.556. The smallest absolute Gasteiger partial charge is 0.144 e. The number of anilines is 2. The quantitative estimate of drug-likeness (QED) is 0.731. The van der Waals surface area contributed by atoms with Gasteiger partial charge in [-0.2, -0.15) is 0 Å². The van der Waals surface area contributed by atoms with Gasteiger partial charge < -0.3 is 11.1 Å². The third-order valence-electron chi connectivity index (χ3n) is 2.47. The van der Waals surface area contributed by atoms with Crippen molar-refractivity contribution >= 4 is 11.6 Å². The first-order valence-corrected chi connectivity index (χ1v) is 4.49. The summed E-state index contributed by atoms with van der Waals surface area (Å²) in [7, 11) is 0. The number of hydrogen-bond acceptors (Lipinski definition) is 4. The van der Waals surface area contributed by atoms with Gasteiger partial charge in [-0.3, -0.25) is 0 Å². The molecule has 0 radical (unpaired) electrons. The second-order valence-corrected chi connectivity index (χ2v) is 3.99. The predicted octanol–water partition coefficient (Wildman–Crippen LogP) is 1.27. The van der Waals surface area contributed by atoms with Gasteiger partial charge in [0.1, 0.15) is 11.6 Å². The van der Waals surface area contributed by atoms with E-state index < -0.39 is 0 Å². The summed E-state index contributed by atoms with van der Waals surface area (Å²) in [6, 6.07) is 0. The Morgan fingerprint density at radius 1 is 1.46 bits per heavy atom. The zero-order valence-electron chi connectivity index (χ0n) is 7.75. The number of nitrogens with two attached hydrogens (primary N) is 1. The highest BCUT2D eigenvalue weighted by atomic mass is 15.0. The molecule has 13 heavy (non-hydrogen) atoms. The molecule has 4 heteroatoms. The molecule has 0 aromatic carbocycles. The first kappa shape index (κ1) is 8.29. The van der Waals surface area contributed by atoms with Crippen molar-refractivity contribution in [2.24, 2.45) is 5.41 Å². The average molecular weight is 178 g/mol. The van der Waals surface area contributed by atoms with Gasteiger partial charge in [0.05, 0.1) is 12.4 Å². The second kappa shape index (κ2) is 2.87. The average Bonchev–Trinajstić information content (AvgIpc) is 2.84. The van der Waals surface area contributed by atoms with Crippen LogP contribution in [0.2, 0.25) is 0 Å². The molecule has 1 aliphatic rings.